The van der Waals surface area contributed by atoms with E-state index < -0.39 is 19.5 Å². The summed E-state index contributed by atoms with van der Waals surface area (Å²) in [5, 5.41) is 2.81. The molecule has 0 radical (unpaired) electrons. The van der Waals surface area contributed by atoms with Crippen LogP contribution in [0.4, 0.5) is 0 Å². The molecule has 21 heavy (non-hydrogen) atoms. The first kappa shape index (κ1) is 18.1. The van der Waals surface area contributed by atoms with Crippen molar-refractivity contribution in [2.75, 3.05) is 24.8 Å². The average Bonchev–Trinajstić information content (AvgIpc) is 2.46. The van der Waals surface area contributed by atoms with Gasteiger partial charge in [0, 0.05) is 5.75 Å². The summed E-state index contributed by atoms with van der Waals surface area (Å²) in [5.74, 6) is 0.760. The molecule has 1 aromatic rings. The zero-order valence-electron chi connectivity index (χ0n) is 12.6. The highest BCUT2D eigenvalue weighted by atomic mass is 32.2. The standard InChI is InChI=1S/C14H22NO4PS/c1-4-18-14(16)12(2)15-20(17,10-11-21-3)19-13-8-6-5-7-9-13/h5-9,12H,4,10-11H2,1-3H3,(H,15,17). The summed E-state index contributed by atoms with van der Waals surface area (Å²) in [6.07, 6.45) is 2.27. The zero-order chi connectivity index (χ0) is 15.7. The van der Waals surface area contributed by atoms with E-state index in [-0.39, 0.29) is 0 Å². The second kappa shape index (κ2) is 9.13. The van der Waals surface area contributed by atoms with Gasteiger partial charge >= 0.3 is 13.5 Å². The van der Waals surface area contributed by atoms with Crippen LogP contribution in [0.2, 0.25) is 0 Å². The predicted octanol–water partition coefficient (Wildman–Crippen LogP) is 3.16. The van der Waals surface area contributed by atoms with Crippen LogP contribution in [-0.4, -0.2) is 36.8 Å². The largest absolute Gasteiger partial charge is 0.465 e. The molecule has 0 aliphatic rings. The number of carbonyl (C=O) groups excluding carboxylic acids is 1. The van der Waals surface area contributed by atoms with Gasteiger partial charge in [-0.25, -0.2) is 5.09 Å². The number of hydrogen-bond acceptors (Lipinski definition) is 5. The predicted molar refractivity (Wildman–Crippen MR) is 87.2 cm³/mol. The highest BCUT2D eigenvalue weighted by Gasteiger charge is 2.29. The number of carbonyl (C=O) groups is 1. The first-order valence-corrected chi connectivity index (χ1v) is 9.98. The summed E-state index contributed by atoms with van der Waals surface area (Å²) in [4.78, 5) is 11.7. The zero-order valence-corrected chi connectivity index (χ0v) is 14.3. The lowest BCUT2D eigenvalue weighted by molar-refractivity contribution is -0.144. The molecule has 0 fully saturated rings. The molecule has 1 rings (SSSR count). The Morgan fingerprint density at radius 3 is 2.62 bits per heavy atom. The van der Waals surface area contributed by atoms with Crippen molar-refractivity contribution in [2.45, 2.75) is 19.9 Å². The third-order valence-corrected chi connectivity index (χ3v) is 5.63. The van der Waals surface area contributed by atoms with Crippen LogP contribution in [0.25, 0.3) is 0 Å². The van der Waals surface area contributed by atoms with Crippen LogP contribution >= 0.6 is 19.3 Å². The smallest absolute Gasteiger partial charge is 0.323 e. The summed E-state index contributed by atoms with van der Waals surface area (Å²) in [7, 11) is -3.16. The second-order valence-electron chi connectivity index (χ2n) is 4.40. The number of ether oxygens (including phenoxy) is 1. The van der Waals surface area contributed by atoms with Crippen LogP contribution in [0.1, 0.15) is 13.8 Å². The van der Waals surface area contributed by atoms with Crippen LogP contribution in [0, 0.1) is 0 Å². The summed E-state index contributed by atoms with van der Waals surface area (Å²) < 4.78 is 23.5. The Morgan fingerprint density at radius 1 is 1.38 bits per heavy atom. The summed E-state index contributed by atoms with van der Waals surface area (Å²) in [6, 6.07) is 8.27. The average molecular weight is 331 g/mol. The van der Waals surface area contributed by atoms with Gasteiger partial charge in [-0.05, 0) is 32.2 Å². The van der Waals surface area contributed by atoms with E-state index in [4.69, 9.17) is 9.26 Å². The highest BCUT2D eigenvalue weighted by molar-refractivity contribution is 7.98. The Hall–Kier alpha value is -0.970. The molecule has 2 unspecified atom stereocenters. The van der Waals surface area contributed by atoms with Gasteiger partial charge in [-0.15, -0.1) is 0 Å². The third-order valence-electron chi connectivity index (χ3n) is 2.62. The van der Waals surface area contributed by atoms with Gasteiger partial charge in [0.2, 0.25) is 0 Å². The Morgan fingerprint density at radius 2 is 2.05 bits per heavy atom. The SMILES string of the molecule is CCOC(=O)C(C)NP(=O)(CCSC)Oc1ccccc1. The van der Waals surface area contributed by atoms with Gasteiger partial charge in [0.15, 0.2) is 0 Å². The van der Waals surface area contributed by atoms with E-state index in [1.807, 2.05) is 24.5 Å². The molecule has 0 aromatic heterocycles. The van der Waals surface area contributed by atoms with Crippen LogP contribution in [-0.2, 0) is 14.1 Å². The minimum absolute atomic E-state index is 0.291. The molecule has 1 N–H and O–H groups in total. The van der Waals surface area contributed by atoms with Crippen molar-refractivity contribution in [3.63, 3.8) is 0 Å². The van der Waals surface area contributed by atoms with Crippen molar-refractivity contribution in [1.29, 1.82) is 0 Å². The van der Waals surface area contributed by atoms with Crippen molar-refractivity contribution in [2.24, 2.45) is 0 Å². The van der Waals surface area contributed by atoms with Gasteiger partial charge in [-0.2, -0.15) is 11.8 Å². The maximum absolute atomic E-state index is 12.9. The molecule has 0 amide bonds. The molecule has 7 heteroatoms. The van der Waals surface area contributed by atoms with E-state index >= 15 is 0 Å². The molecule has 0 saturated carbocycles. The normalized spacial score (nSPS) is 15.0. The van der Waals surface area contributed by atoms with Gasteiger partial charge in [0.1, 0.15) is 11.8 Å². The monoisotopic (exact) mass is 331 g/mol. The lowest BCUT2D eigenvalue weighted by Gasteiger charge is -2.23. The molecule has 0 saturated heterocycles. The molecule has 5 nitrogen and oxygen atoms in total. The maximum atomic E-state index is 12.9. The third kappa shape index (κ3) is 6.55. The van der Waals surface area contributed by atoms with Gasteiger partial charge < -0.3 is 9.26 Å². The number of esters is 1. The van der Waals surface area contributed by atoms with Crippen molar-refractivity contribution in [3.8, 4) is 5.75 Å². The van der Waals surface area contributed by atoms with E-state index in [0.717, 1.165) is 0 Å². The number of para-hydroxylation sites is 1. The Kier molecular flexibility index (Phi) is 7.86. The van der Waals surface area contributed by atoms with Crippen LogP contribution in [0.5, 0.6) is 5.75 Å². The molecule has 1 aromatic carbocycles. The molecule has 0 aliphatic carbocycles. The van der Waals surface area contributed by atoms with Crippen LogP contribution in [0.3, 0.4) is 0 Å². The van der Waals surface area contributed by atoms with E-state index in [9.17, 15) is 9.36 Å². The van der Waals surface area contributed by atoms with Gasteiger partial charge in [0.05, 0.1) is 12.8 Å². The number of nitrogens with one attached hydrogen (secondary N) is 1. The number of benzene rings is 1. The summed E-state index contributed by atoms with van der Waals surface area (Å²) in [5.41, 5.74) is 0. The number of thioether (sulfide) groups is 1. The van der Waals surface area contributed by atoms with Crippen LogP contribution in [0.15, 0.2) is 30.3 Å². The lowest BCUT2D eigenvalue weighted by atomic mass is 10.3. The second-order valence-corrected chi connectivity index (χ2v) is 7.62. The highest BCUT2D eigenvalue weighted by Crippen LogP contribution is 2.43. The fraction of sp³-hybridized carbons (Fsp3) is 0.500. The minimum Gasteiger partial charge on any atom is -0.465 e. The molecule has 2 atom stereocenters. The topological polar surface area (TPSA) is 64.6 Å². The molecule has 118 valence electrons. The molecular formula is C14H22NO4PS. The fourth-order valence-electron chi connectivity index (χ4n) is 1.61. The summed E-state index contributed by atoms with van der Waals surface area (Å²) >= 11 is 1.58. The minimum atomic E-state index is -3.16. The van der Waals surface area contributed by atoms with Crippen molar-refractivity contribution < 1.29 is 18.6 Å². The van der Waals surface area contributed by atoms with Crippen molar-refractivity contribution in [1.82, 2.24) is 5.09 Å². The number of rotatable bonds is 9. The quantitative estimate of drug-likeness (QED) is 0.554. The van der Waals surface area contributed by atoms with E-state index in [1.165, 1.54) is 0 Å². The molecule has 0 spiro atoms. The molecule has 0 bridgehead atoms. The Labute approximate surface area is 130 Å². The fourth-order valence-corrected chi connectivity index (χ4v) is 4.74. The van der Waals surface area contributed by atoms with Crippen molar-refractivity contribution >= 4 is 25.3 Å². The Balaban J connectivity index is 2.78. The number of hydrogen-bond donors (Lipinski definition) is 1. The first-order valence-electron chi connectivity index (χ1n) is 6.78. The van der Waals surface area contributed by atoms with Gasteiger partial charge in [-0.1, -0.05) is 18.2 Å². The summed E-state index contributed by atoms with van der Waals surface area (Å²) in [6.45, 7) is 3.65. The maximum Gasteiger partial charge on any atom is 0.323 e. The lowest BCUT2D eigenvalue weighted by Crippen LogP contribution is -2.35. The van der Waals surface area contributed by atoms with Crippen molar-refractivity contribution in [3.05, 3.63) is 30.3 Å². The van der Waals surface area contributed by atoms with Crippen LogP contribution < -0.4 is 9.61 Å². The van der Waals surface area contributed by atoms with Gasteiger partial charge in [-0.3, -0.25) is 9.36 Å². The van der Waals surface area contributed by atoms with E-state index in [1.54, 1.807) is 37.7 Å². The first-order chi connectivity index (χ1) is 10.0. The molecule has 0 heterocycles. The van der Waals surface area contributed by atoms with E-state index in [2.05, 4.69) is 5.09 Å². The molecular weight excluding hydrogens is 309 g/mol. The Bertz CT molecular complexity index is 483. The van der Waals surface area contributed by atoms with E-state index in [0.29, 0.717) is 24.3 Å². The molecule has 0 aliphatic heterocycles. The van der Waals surface area contributed by atoms with Gasteiger partial charge in [0.25, 0.3) is 0 Å².